The number of nitrogens with zero attached hydrogens (tertiary/aromatic N) is 1. The quantitative estimate of drug-likeness (QED) is 0.604. The Balaban J connectivity index is 2.12. The SMILES string of the molecule is CCCC(OC)C(Cc1nc2ccccc2s1)NN. The Bertz CT molecular complexity index is 481. The number of hydrazine groups is 1. The summed E-state index contributed by atoms with van der Waals surface area (Å²) < 4.78 is 6.74. The summed E-state index contributed by atoms with van der Waals surface area (Å²) in [6, 6.07) is 8.30. The van der Waals surface area contributed by atoms with Gasteiger partial charge in [0.25, 0.3) is 0 Å². The second-order valence-corrected chi connectivity index (χ2v) is 5.73. The van der Waals surface area contributed by atoms with E-state index in [9.17, 15) is 0 Å². The number of methoxy groups -OCH3 is 1. The van der Waals surface area contributed by atoms with Crippen LogP contribution in [-0.4, -0.2) is 24.2 Å². The van der Waals surface area contributed by atoms with Crippen molar-refractivity contribution in [2.24, 2.45) is 5.84 Å². The number of nitrogens with one attached hydrogen (secondary N) is 1. The van der Waals surface area contributed by atoms with Crippen LogP contribution in [-0.2, 0) is 11.2 Å². The normalized spacial score (nSPS) is 14.7. The first-order valence-electron chi connectivity index (χ1n) is 6.61. The molecule has 0 aliphatic rings. The second-order valence-electron chi connectivity index (χ2n) is 4.62. The summed E-state index contributed by atoms with van der Waals surface area (Å²) in [5, 5.41) is 1.10. The largest absolute Gasteiger partial charge is 0.380 e. The minimum absolute atomic E-state index is 0.102. The summed E-state index contributed by atoms with van der Waals surface area (Å²) in [6.45, 7) is 2.15. The molecule has 1 aromatic heterocycles. The first-order chi connectivity index (χ1) is 9.28. The first kappa shape index (κ1) is 14.4. The molecule has 0 radical (unpaired) electrons. The van der Waals surface area contributed by atoms with E-state index in [0.717, 1.165) is 29.8 Å². The molecular weight excluding hydrogens is 258 g/mol. The lowest BCUT2D eigenvalue weighted by Crippen LogP contribution is -2.46. The molecular formula is C14H21N3OS. The van der Waals surface area contributed by atoms with Gasteiger partial charge in [0, 0.05) is 13.5 Å². The molecule has 2 unspecified atom stereocenters. The average molecular weight is 279 g/mol. The van der Waals surface area contributed by atoms with Crippen LogP contribution >= 0.6 is 11.3 Å². The van der Waals surface area contributed by atoms with Crippen LogP contribution in [0.15, 0.2) is 24.3 Å². The highest BCUT2D eigenvalue weighted by atomic mass is 32.1. The number of rotatable bonds is 7. The Morgan fingerprint density at radius 2 is 2.21 bits per heavy atom. The van der Waals surface area contributed by atoms with Crippen LogP contribution in [0.1, 0.15) is 24.8 Å². The van der Waals surface area contributed by atoms with E-state index in [1.54, 1.807) is 18.4 Å². The van der Waals surface area contributed by atoms with Gasteiger partial charge in [0.1, 0.15) is 0 Å². The summed E-state index contributed by atoms with van der Waals surface area (Å²) in [7, 11) is 1.74. The zero-order chi connectivity index (χ0) is 13.7. The zero-order valence-corrected chi connectivity index (χ0v) is 12.2. The first-order valence-corrected chi connectivity index (χ1v) is 7.43. The van der Waals surface area contributed by atoms with E-state index < -0.39 is 0 Å². The van der Waals surface area contributed by atoms with Crippen molar-refractivity contribution in [2.45, 2.75) is 38.3 Å². The van der Waals surface area contributed by atoms with Gasteiger partial charge < -0.3 is 4.74 Å². The minimum Gasteiger partial charge on any atom is -0.380 e. The van der Waals surface area contributed by atoms with Gasteiger partial charge in [0.2, 0.25) is 0 Å². The van der Waals surface area contributed by atoms with Crippen molar-refractivity contribution in [2.75, 3.05) is 7.11 Å². The third kappa shape index (κ3) is 3.51. The third-order valence-corrected chi connectivity index (χ3v) is 4.33. The van der Waals surface area contributed by atoms with Crippen molar-refractivity contribution in [3.63, 3.8) is 0 Å². The molecule has 2 atom stereocenters. The Hall–Kier alpha value is -1.01. The number of ether oxygens (including phenoxy) is 1. The highest BCUT2D eigenvalue weighted by Gasteiger charge is 2.21. The van der Waals surface area contributed by atoms with Crippen molar-refractivity contribution < 1.29 is 4.74 Å². The van der Waals surface area contributed by atoms with Gasteiger partial charge in [0.05, 0.1) is 27.4 Å². The molecule has 19 heavy (non-hydrogen) atoms. The van der Waals surface area contributed by atoms with E-state index in [1.807, 2.05) is 18.2 Å². The number of nitrogens with two attached hydrogens (primary N) is 1. The van der Waals surface area contributed by atoms with Crippen molar-refractivity contribution in [3.8, 4) is 0 Å². The fourth-order valence-corrected chi connectivity index (χ4v) is 3.29. The van der Waals surface area contributed by atoms with Crippen LogP contribution < -0.4 is 11.3 Å². The van der Waals surface area contributed by atoms with Crippen molar-refractivity contribution >= 4 is 21.6 Å². The van der Waals surface area contributed by atoms with Crippen molar-refractivity contribution in [1.29, 1.82) is 0 Å². The molecule has 0 aliphatic heterocycles. The molecule has 0 spiro atoms. The number of benzene rings is 1. The second kappa shape index (κ2) is 6.96. The number of thiazole rings is 1. The summed E-state index contributed by atoms with van der Waals surface area (Å²) in [4.78, 5) is 4.64. The Labute approximate surface area is 118 Å². The number of hydrogen-bond donors (Lipinski definition) is 2. The topological polar surface area (TPSA) is 60.2 Å². The van der Waals surface area contributed by atoms with Crippen molar-refractivity contribution in [3.05, 3.63) is 29.3 Å². The molecule has 5 heteroatoms. The standard InChI is InChI=1S/C14H21N3OS/c1-3-6-12(18-2)11(17-15)9-14-16-10-7-4-5-8-13(10)19-14/h4-5,7-8,11-12,17H,3,6,9,15H2,1-2H3. The number of fused-ring (bicyclic) bond motifs is 1. The van der Waals surface area contributed by atoms with Crippen LogP contribution in [0.3, 0.4) is 0 Å². The van der Waals surface area contributed by atoms with Crippen LogP contribution in [0.4, 0.5) is 0 Å². The molecule has 1 heterocycles. The van der Waals surface area contributed by atoms with Gasteiger partial charge in [-0.05, 0) is 18.6 Å². The van der Waals surface area contributed by atoms with E-state index in [1.165, 1.54) is 4.70 Å². The molecule has 0 fully saturated rings. The Kier molecular flexibility index (Phi) is 5.27. The highest BCUT2D eigenvalue weighted by Crippen LogP contribution is 2.23. The molecule has 0 bridgehead atoms. The molecule has 2 aromatic rings. The lowest BCUT2D eigenvalue weighted by atomic mass is 10.0. The van der Waals surface area contributed by atoms with E-state index in [4.69, 9.17) is 10.6 Å². The van der Waals surface area contributed by atoms with E-state index >= 15 is 0 Å². The summed E-state index contributed by atoms with van der Waals surface area (Å²) in [6.07, 6.45) is 3.00. The molecule has 3 N–H and O–H groups in total. The molecule has 1 aromatic carbocycles. The Morgan fingerprint density at radius 1 is 1.42 bits per heavy atom. The van der Waals surface area contributed by atoms with Crippen LogP contribution in [0.2, 0.25) is 0 Å². The smallest absolute Gasteiger partial charge is 0.0955 e. The maximum Gasteiger partial charge on any atom is 0.0955 e. The third-order valence-electron chi connectivity index (χ3n) is 3.27. The number of aromatic nitrogens is 1. The van der Waals surface area contributed by atoms with Crippen LogP contribution in [0, 0.1) is 0 Å². The molecule has 0 aliphatic carbocycles. The van der Waals surface area contributed by atoms with E-state index in [-0.39, 0.29) is 12.1 Å². The summed E-state index contributed by atoms with van der Waals surface area (Å²) in [5.74, 6) is 5.67. The number of para-hydroxylation sites is 1. The predicted octanol–water partition coefficient (Wildman–Crippen LogP) is 2.49. The van der Waals surface area contributed by atoms with Gasteiger partial charge in [-0.1, -0.05) is 25.5 Å². The minimum atomic E-state index is 0.102. The van der Waals surface area contributed by atoms with Gasteiger partial charge in [-0.15, -0.1) is 11.3 Å². The predicted molar refractivity (Wildman–Crippen MR) is 80.1 cm³/mol. The van der Waals surface area contributed by atoms with Crippen LogP contribution in [0.5, 0.6) is 0 Å². The monoisotopic (exact) mass is 279 g/mol. The molecule has 104 valence electrons. The molecule has 0 amide bonds. The van der Waals surface area contributed by atoms with Gasteiger partial charge in [-0.2, -0.15) is 0 Å². The fourth-order valence-electron chi connectivity index (χ4n) is 2.26. The molecule has 0 saturated carbocycles. The maximum atomic E-state index is 5.67. The van der Waals surface area contributed by atoms with Gasteiger partial charge in [0.15, 0.2) is 0 Å². The number of hydrogen-bond acceptors (Lipinski definition) is 5. The van der Waals surface area contributed by atoms with Gasteiger partial charge in [-0.25, -0.2) is 4.98 Å². The van der Waals surface area contributed by atoms with E-state index in [0.29, 0.717) is 0 Å². The molecule has 4 nitrogen and oxygen atoms in total. The Morgan fingerprint density at radius 3 is 2.84 bits per heavy atom. The highest BCUT2D eigenvalue weighted by molar-refractivity contribution is 7.18. The zero-order valence-electron chi connectivity index (χ0n) is 11.4. The van der Waals surface area contributed by atoms with E-state index in [2.05, 4.69) is 23.4 Å². The summed E-state index contributed by atoms with van der Waals surface area (Å²) >= 11 is 1.72. The molecule has 2 rings (SSSR count). The van der Waals surface area contributed by atoms with Gasteiger partial charge >= 0.3 is 0 Å². The fraction of sp³-hybridized carbons (Fsp3) is 0.500. The lowest BCUT2D eigenvalue weighted by molar-refractivity contribution is 0.0609. The maximum absolute atomic E-state index is 5.67. The summed E-state index contributed by atoms with van der Waals surface area (Å²) in [5.41, 5.74) is 3.93. The van der Waals surface area contributed by atoms with Gasteiger partial charge in [-0.3, -0.25) is 11.3 Å². The van der Waals surface area contributed by atoms with Crippen molar-refractivity contribution in [1.82, 2.24) is 10.4 Å². The van der Waals surface area contributed by atoms with Crippen LogP contribution in [0.25, 0.3) is 10.2 Å². The lowest BCUT2D eigenvalue weighted by Gasteiger charge is -2.24. The molecule has 0 saturated heterocycles. The average Bonchev–Trinajstić information content (AvgIpc) is 2.85.